The summed E-state index contributed by atoms with van der Waals surface area (Å²) in [7, 11) is 1.68. The maximum atomic E-state index is 10.5. The van der Waals surface area contributed by atoms with E-state index in [4.69, 9.17) is 4.74 Å². The van der Waals surface area contributed by atoms with Crippen molar-refractivity contribution >= 4 is 22.1 Å². The van der Waals surface area contributed by atoms with Gasteiger partial charge in [-0.3, -0.25) is 4.90 Å². The molecule has 1 atom stereocenters. The molecular weight excluding hydrogens is 318 g/mol. The molecule has 0 aliphatic carbocycles. The summed E-state index contributed by atoms with van der Waals surface area (Å²) in [6, 6.07) is 14.6. The summed E-state index contributed by atoms with van der Waals surface area (Å²) in [5.41, 5.74) is 0.995. The highest BCUT2D eigenvalue weighted by Gasteiger charge is 2.27. The first kappa shape index (κ1) is 15.5. The molecule has 24 heavy (non-hydrogen) atoms. The third kappa shape index (κ3) is 2.76. The standard InChI is InChI=1S/C20H21NO2S/c1-23-15-8-6-14-7-9-19(22)17(16(14)12-15)13-21-10-2-4-18(21)20-5-3-11-24-20/h3,5-9,11-12,18,22H,2,4,10,13H2,1H3. The van der Waals surface area contributed by atoms with E-state index in [2.05, 4.69) is 28.5 Å². The number of nitrogens with zero attached hydrogens (tertiary/aromatic N) is 1. The van der Waals surface area contributed by atoms with Gasteiger partial charge in [0.2, 0.25) is 0 Å². The molecule has 1 aliphatic heterocycles. The zero-order chi connectivity index (χ0) is 16.5. The van der Waals surface area contributed by atoms with Crippen LogP contribution in [0.2, 0.25) is 0 Å². The number of rotatable bonds is 4. The number of thiophene rings is 1. The van der Waals surface area contributed by atoms with Crippen LogP contribution in [0.3, 0.4) is 0 Å². The van der Waals surface area contributed by atoms with E-state index in [9.17, 15) is 5.11 Å². The van der Waals surface area contributed by atoms with E-state index in [-0.39, 0.29) is 0 Å². The molecule has 4 rings (SSSR count). The average Bonchev–Trinajstić information content (AvgIpc) is 3.28. The first-order chi connectivity index (χ1) is 11.8. The summed E-state index contributed by atoms with van der Waals surface area (Å²) in [6.45, 7) is 1.83. The van der Waals surface area contributed by atoms with Gasteiger partial charge in [-0.05, 0) is 59.8 Å². The van der Waals surface area contributed by atoms with Crippen LogP contribution in [0.15, 0.2) is 47.8 Å². The van der Waals surface area contributed by atoms with Gasteiger partial charge in [0.05, 0.1) is 7.11 Å². The number of likely N-dealkylation sites (tertiary alicyclic amines) is 1. The van der Waals surface area contributed by atoms with Gasteiger partial charge in [0.15, 0.2) is 0 Å². The summed E-state index contributed by atoms with van der Waals surface area (Å²) >= 11 is 1.82. The number of aromatic hydroxyl groups is 1. The van der Waals surface area contributed by atoms with Crippen molar-refractivity contribution in [1.29, 1.82) is 0 Å². The first-order valence-electron chi connectivity index (χ1n) is 8.32. The summed E-state index contributed by atoms with van der Waals surface area (Å²) in [5.74, 6) is 1.19. The molecule has 2 aromatic carbocycles. The molecule has 4 heteroatoms. The quantitative estimate of drug-likeness (QED) is 0.730. The lowest BCUT2D eigenvalue weighted by Crippen LogP contribution is -2.22. The fraction of sp³-hybridized carbons (Fsp3) is 0.300. The van der Waals surface area contributed by atoms with Crippen molar-refractivity contribution in [3.8, 4) is 11.5 Å². The molecule has 3 nitrogen and oxygen atoms in total. The number of methoxy groups -OCH3 is 1. The molecule has 124 valence electrons. The zero-order valence-corrected chi connectivity index (χ0v) is 14.6. The number of phenols is 1. The van der Waals surface area contributed by atoms with Crippen LogP contribution in [0.5, 0.6) is 11.5 Å². The van der Waals surface area contributed by atoms with Crippen LogP contribution in [0.1, 0.15) is 29.3 Å². The Morgan fingerprint density at radius 3 is 2.92 bits per heavy atom. The van der Waals surface area contributed by atoms with Gasteiger partial charge in [0, 0.05) is 23.0 Å². The van der Waals surface area contributed by atoms with Gasteiger partial charge in [-0.2, -0.15) is 0 Å². The summed E-state index contributed by atoms with van der Waals surface area (Å²) in [5, 5.41) is 14.8. The van der Waals surface area contributed by atoms with E-state index < -0.39 is 0 Å². The number of fused-ring (bicyclic) bond motifs is 1. The highest BCUT2D eigenvalue weighted by atomic mass is 32.1. The van der Waals surface area contributed by atoms with Crippen LogP contribution >= 0.6 is 11.3 Å². The molecule has 0 amide bonds. The smallest absolute Gasteiger partial charge is 0.120 e. The topological polar surface area (TPSA) is 32.7 Å². The highest BCUT2D eigenvalue weighted by molar-refractivity contribution is 7.10. The Morgan fingerprint density at radius 1 is 1.25 bits per heavy atom. The van der Waals surface area contributed by atoms with E-state index in [0.29, 0.717) is 11.8 Å². The second-order valence-electron chi connectivity index (χ2n) is 6.29. The number of phenolic OH excluding ortho intramolecular Hbond substituents is 1. The van der Waals surface area contributed by atoms with Gasteiger partial charge in [-0.25, -0.2) is 0 Å². The van der Waals surface area contributed by atoms with Crippen molar-refractivity contribution in [3.63, 3.8) is 0 Å². The third-order valence-electron chi connectivity index (χ3n) is 4.91. The summed E-state index contributed by atoms with van der Waals surface area (Å²) < 4.78 is 5.37. The van der Waals surface area contributed by atoms with Gasteiger partial charge in [0.25, 0.3) is 0 Å². The normalized spacial score (nSPS) is 18.3. The Balaban J connectivity index is 1.72. The van der Waals surface area contributed by atoms with E-state index in [1.165, 1.54) is 17.7 Å². The lowest BCUT2D eigenvalue weighted by Gasteiger charge is -2.25. The molecule has 0 saturated carbocycles. The van der Waals surface area contributed by atoms with Gasteiger partial charge >= 0.3 is 0 Å². The molecular formula is C20H21NO2S. The molecule has 1 aromatic heterocycles. The maximum Gasteiger partial charge on any atom is 0.120 e. The molecule has 0 bridgehead atoms. The number of benzene rings is 2. The lowest BCUT2D eigenvalue weighted by atomic mass is 10.0. The van der Waals surface area contributed by atoms with E-state index in [1.807, 2.05) is 29.5 Å². The van der Waals surface area contributed by atoms with Crippen molar-refractivity contribution in [3.05, 3.63) is 58.3 Å². The van der Waals surface area contributed by atoms with Crippen LogP contribution < -0.4 is 4.74 Å². The predicted molar refractivity (Wildman–Crippen MR) is 98.9 cm³/mol. The zero-order valence-electron chi connectivity index (χ0n) is 13.7. The van der Waals surface area contributed by atoms with Crippen molar-refractivity contribution in [2.24, 2.45) is 0 Å². The molecule has 3 aromatic rings. The molecule has 1 saturated heterocycles. The lowest BCUT2D eigenvalue weighted by molar-refractivity contribution is 0.249. The maximum absolute atomic E-state index is 10.5. The molecule has 1 aliphatic rings. The molecule has 0 spiro atoms. The number of ether oxygens (including phenoxy) is 1. The molecule has 1 fully saturated rings. The SMILES string of the molecule is COc1ccc2ccc(O)c(CN3CCCC3c3cccs3)c2c1. The summed E-state index contributed by atoms with van der Waals surface area (Å²) in [6.07, 6.45) is 2.40. The molecule has 1 N–H and O–H groups in total. The van der Waals surface area contributed by atoms with E-state index in [1.54, 1.807) is 13.2 Å². The Bertz CT molecular complexity index is 844. The summed E-state index contributed by atoms with van der Waals surface area (Å²) in [4.78, 5) is 3.91. The van der Waals surface area contributed by atoms with Crippen molar-refractivity contribution in [2.45, 2.75) is 25.4 Å². The van der Waals surface area contributed by atoms with Gasteiger partial charge in [-0.15, -0.1) is 11.3 Å². The molecule has 0 radical (unpaired) electrons. The monoisotopic (exact) mass is 339 g/mol. The molecule has 1 unspecified atom stereocenters. The minimum atomic E-state index is 0.368. The van der Waals surface area contributed by atoms with E-state index in [0.717, 1.165) is 35.2 Å². The van der Waals surface area contributed by atoms with Crippen LogP contribution in [0, 0.1) is 0 Å². The molecule has 2 heterocycles. The minimum Gasteiger partial charge on any atom is -0.508 e. The Labute approximate surface area is 146 Å². The van der Waals surface area contributed by atoms with Gasteiger partial charge in [0.1, 0.15) is 11.5 Å². The van der Waals surface area contributed by atoms with Gasteiger partial charge in [-0.1, -0.05) is 18.2 Å². The van der Waals surface area contributed by atoms with Crippen LogP contribution in [-0.2, 0) is 6.54 Å². The fourth-order valence-corrected chi connectivity index (χ4v) is 4.56. The van der Waals surface area contributed by atoms with Crippen molar-refractivity contribution in [1.82, 2.24) is 4.90 Å². The van der Waals surface area contributed by atoms with Crippen LogP contribution in [-0.4, -0.2) is 23.7 Å². The number of hydrogen-bond acceptors (Lipinski definition) is 4. The van der Waals surface area contributed by atoms with Crippen molar-refractivity contribution < 1.29 is 9.84 Å². The Morgan fingerprint density at radius 2 is 2.12 bits per heavy atom. The van der Waals surface area contributed by atoms with Crippen LogP contribution in [0.25, 0.3) is 10.8 Å². The van der Waals surface area contributed by atoms with E-state index >= 15 is 0 Å². The second kappa shape index (κ2) is 6.46. The van der Waals surface area contributed by atoms with Gasteiger partial charge < -0.3 is 9.84 Å². The first-order valence-corrected chi connectivity index (χ1v) is 9.20. The highest BCUT2D eigenvalue weighted by Crippen LogP contribution is 2.38. The average molecular weight is 339 g/mol. The second-order valence-corrected chi connectivity index (χ2v) is 7.27. The number of hydrogen-bond donors (Lipinski definition) is 1. The Kier molecular flexibility index (Phi) is 4.17. The van der Waals surface area contributed by atoms with Crippen LogP contribution in [0.4, 0.5) is 0 Å². The largest absolute Gasteiger partial charge is 0.508 e. The minimum absolute atomic E-state index is 0.368. The Hall–Kier alpha value is -2.04. The predicted octanol–water partition coefficient (Wildman–Crippen LogP) is 4.95. The fourth-order valence-electron chi connectivity index (χ4n) is 3.66. The third-order valence-corrected chi connectivity index (χ3v) is 5.89. The van der Waals surface area contributed by atoms with Crippen molar-refractivity contribution in [2.75, 3.05) is 13.7 Å².